The summed E-state index contributed by atoms with van der Waals surface area (Å²) in [5.41, 5.74) is 5.86. The molecule has 1 aliphatic heterocycles. The second-order valence-electron chi connectivity index (χ2n) is 6.76. The van der Waals surface area contributed by atoms with Crippen LogP contribution >= 0.6 is 0 Å². The number of carbonyl (C=O) groups is 2. The van der Waals surface area contributed by atoms with Gasteiger partial charge in [0.1, 0.15) is 5.69 Å². The number of nitrogens with zero attached hydrogens (tertiary/aromatic N) is 3. The van der Waals surface area contributed by atoms with Crippen LogP contribution in [-0.2, 0) is 4.79 Å². The van der Waals surface area contributed by atoms with Crippen molar-refractivity contribution in [3.05, 3.63) is 52.8 Å². The maximum absolute atomic E-state index is 12.7. The summed E-state index contributed by atoms with van der Waals surface area (Å²) in [7, 11) is 0. The Morgan fingerprint density at radius 2 is 1.73 bits per heavy atom. The van der Waals surface area contributed by atoms with E-state index in [1.165, 1.54) is 5.56 Å². The lowest BCUT2D eigenvalue weighted by Gasteiger charge is -2.32. The van der Waals surface area contributed by atoms with E-state index in [9.17, 15) is 9.59 Å². The molecule has 1 aromatic carbocycles. The number of aryl methyl sites for hydroxylation is 3. The van der Waals surface area contributed by atoms with Crippen LogP contribution in [0.15, 0.2) is 30.5 Å². The van der Waals surface area contributed by atoms with E-state index >= 15 is 0 Å². The Morgan fingerprint density at radius 1 is 1.08 bits per heavy atom. The molecule has 0 spiro atoms. The third kappa shape index (κ3) is 3.85. The Bertz CT molecular complexity index is 803. The molecular formula is C20H24N4O2. The van der Waals surface area contributed by atoms with E-state index < -0.39 is 0 Å². The zero-order chi connectivity index (χ0) is 18.7. The molecule has 0 bridgehead atoms. The molecule has 1 saturated heterocycles. The Balaban J connectivity index is 1.76. The fraction of sp³-hybridized carbons (Fsp3) is 0.350. The van der Waals surface area contributed by atoms with Crippen LogP contribution in [0.4, 0.5) is 11.4 Å². The van der Waals surface area contributed by atoms with Crippen LogP contribution in [0.3, 0.4) is 0 Å². The summed E-state index contributed by atoms with van der Waals surface area (Å²) < 4.78 is 0. The molecule has 1 N–H and O–H groups in total. The van der Waals surface area contributed by atoms with Crippen LogP contribution in [0.1, 0.15) is 27.2 Å². The molecule has 0 radical (unpaired) electrons. The Kier molecular flexibility index (Phi) is 5.21. The lowest BCUT2D eigenvalue weighted by atomic mass is 10.0. The normalized spacial score (nSPS) is 14.3. The van der Waals surface area contributed by atoms with Gasteiger partial charge in [0.2, 0.25) is 6.41 Å². The topological polar surface area (TPSA) is 65.5 Å². The first kappa shape index (κ1) is 17.9. The van der Waals surface area contributed by atoms with Crippen molar-refractivity contribution < 1.29 is 9.59 Å². The van der Waals surface area contributed by atoms with Gasteiger partial charge in [-0.3, -0.25) is 14.6 Å². The molecule has 2 heterocycles. The average molecular weight is 352 g/mol. The second-order valence-corrected chi connectivity index (χ2v) is 6.76. The first-order valence-electron chi connectivity index (χ1n) is 8.77. The molecule has 0 unspecified atom stereocenters. The van der Waals surface area contributed by atoms with E-state index in [0.29, 0.717) is 31.9 Å². The fourth-order valence-corrected chi connectivity index (χ4v) is 3.34. The highest BCUT2D eigenvalue weighted by Gasteiger charge is 2.22. The first-order chi connectivity index (χ1) is 12.5. The lowest BCUT2D eigenvalue weighted by molar-refractivity contribution is -0.119. The number of hydrogen-bond donors (Lipinski definition) is 1. The molecule has 3 rings (SSSR count). The molecule has 6 heteroatoms. The molecule has 0 atom stereocenters. The maximum atomic E-state index is 12.7. The monoisotopic (exact) mass is 352 g/mol. The number of amides is 2. The molecule has 26 heavy (non-hydrogen) atoms. The summed E-state index contributed by atoms with van der Waals surface area (Å²) in [6.07, 6.45) is 2.48. The predicted molar refractivity (Wildman–Crippen MR) is 102 cm³/mol. The van der Waals surface area contributed by atoms with Gasteiger partial charge in [0.25, 0.3) is 5.91 Å². The first-order valence-corrected chi connectivity index (χ1v) is 8.77. The molecule has 136 valence electrons. The average Bonchev–Trinajstić information content (AvgIpc) is 2.64. The molecule has 2 aromatic rings. The van der Waals surface area contributed by atoms with Gasteiger partial charge in [-0.1, -0.05) is 17.7 Å². The number of hydrogen-bond acceptors (Lipinski definition) is 4. The van der Waals surface area contributed by atoms with E-state index in [4.69, 9.17) is 0 Å². The minimum absolute atomic E-state index is 0.100. The maximum Gasteiger partial charge on any atom is 0.272 e. The summed E-state index contributed by atoms with van der Waals surface area (Å²) >= 11 is 0. The van der Waals surface area contributed by atoms with Gasteiger partial charge in [-0.05, 0) is 44.0 Å². The van der Waals surface area contributed by atoms with Crippen molar-refractivity contribution in [3.63, 3.8) is 0 Å². The van der Waals surface area contributed by atoms with E-state index in [1.807, 2.05) is 6.07 Å². The van der Waals surface area contributed by atoms with Crippen LogP contribution in [0, 0.1) is 20.8 Å². The number of anilines is 2. The van der Waals surface area contributed by atoms with Gasteiger partial charge >= 0.3 is 0 Å². The van der Waals surface area contributed by atoms with Gasteiger partial charge in [0, 0.05) is 43.8 Å². The van der Waals surface area contributed by atoms with Crippen molar-refractivity contribution in [2.75, 3.05) is 31.5 Å². The number of pyridine rings is 1. The zero-order valence-electron chi connectivity index (χ0n) is 15.5. The van der Waals surface area contributed by atoms with Crippen molar-refractivity contribution in [1.82, 2.24) is 14.8 Å². The third-order valence-corrected chi connectivity index (χ3v) is 4.68. The highest BCUT2D eigenvalue weighted by atomic mass is 16.2. The summed E-state index contributed by atoms with van der Waals surface area (Å²) in [4.78, 5) is 31.2. The number of aromatic nitrogens is 1. The summed E-state index contributed by atoms with van der Waals surface area (Å²) in [6.45, 7) is 8.42. The van der Waals surface area contributed by atoms with Crippen molar-refractivity contribution in [2.45, 2.75) is 20.8 Å². The zero-order valence-corrected chi connectivity index (χ0v) is 15.5. The third-order valence-electron chi connectivity index (χ3n) is 4.68. The summed E-state index contributed by atoms with van der Waals surface area (Å²) in [6, 6.07) is 7.91. The number of nitrogens with one attached hydrogen (secondary N) is 1. The van der Waals surface area contributed by atoms with Crippen molar-refractivity contribution in [1.29, 1.82) is 0 Å². The molecule has 1 aromatic heterocycles. The van der Waals surface area contributed by atoms with Crippen LogP contribution in [-0.4, -0.2) is 53.3 Å². The summed E-state index contributed by atoms with van der Waals surface area (Å²) in [5.74, 6) is -0.100. The number of piperazine rings is 1. The molecule has 2 amide bonds. The number of carbonyl (C=O) groups excluding carboxylic acids is 2. The molecule has 1 fully saturated rings. The van der Waals surface area contributed by atoms with Crippen LogP contribution in [0.25, 0.3) is 0 Å². The largest absolute Gasteiger partial charge is 0.355 e. The Labute approximate surface area is 153 Å². The van der Waals surface area contributed by atoms with E-state index in [0.717, 1.165) is 28.9 Å². The fourth-order valence-electron chi connectivity index (χ4n) is 3.34. The van der Waals surface area contributed by atoms with E-state index in [1.54, 1.807) is 22.1 Å². The van der Waals surface area contributed by atoms with E-state index in [2.05, 4.69) is 43.2 Å². The van der Waals surface area contributed by atoms with Crippen LogP contribution in [0.5, 0.6) is 0 Å². The van der Waals surface area contributed by atoms with Gasteiger partial charge in [0.15, 0.2) is 0 Å². The number of rotatable bonds is 4. The second kappa shape index (κ2) is 7.56. The van der Waals surface area contributed by atoms with Crippen molar-refractivity contribution in [3.8, 4) is 0 Å². The van der Waals surface area contributed by atoms with Crippen LogP contribution in [0.2, 0.25) is 0 Å². The Hall–Kier alpha value is -2.89. The molecule has 0 saturated carbocycles. The van der Waals surface area contributed by atoms with Gasteiger partial charge in [-0.25, -0.2) is 0 Å². The highest BCUT2D eigenvalue weighted by molar-refractivity contribution is 5.93. The highest BCUT2D eigenvalue weighted by Crippen LogP contribution is 2.26. The Morgan fingerprint density at radius 3 is 2.35 bits per heavy atom. The van der Waals surface area contributed by atoms with Gasteiger partial charge in [0.05, 0.1) is 0 Å². The molecule has 0 aliphatic carbocycles. The smallest absolute Gasteiger partial charge is 0.272 e. The predicted octanol–water partition coefficient (Wildman–Crippen LogP) is 2.66. The quantitative estimate of drug-likeness (QED) is 0.859. The van der Waals surface area contributed by atoms with E-state index in [-0.39, 0.29) is 5.91 Å². The van der Waals surface area contributed by atoms with Gasteiger partial charge in [-0.2, -0.15) is 0 Å². The van der Waals surface area contributed by atoms with Crippen molar-refractivity contribution >= 4 is 23.7 Å². The van der Waals surface area contributed by atoms with Crippen LogP contribution < -0.4 is 5.32 Å². The minimum Gasteiger partial charge on any atom is -0.355 e. The van der Waals surface area contributed by atoms with Crippen molar-refractivity contribution in [2.24, 2.45) is 0 Å². The summed E-state index contributed by atoms with van der Waals surface area (Å²) in [5, 5.41) is 3.42. The van der Waals surface area contributed by atoms with Gasteiger partial charge < -0.3 is 15.1 Å². The number of benzene rings is 1. The molecular weight excluding hydrogens is 328 g/mol. The molecule has 6 nitrogen and oxygen atoms in total. The van der Waals surface area contributed by atoms with Gasteiger partial charge in [-0.15, -0.1) is 0 Å². The lowest BCUT2D eigenvalue weighted by Crippen LogP contribution is -2.48. The standard InChI is InChI=1S/C20H24N4O2/c1-14-10-15(2)19(16(3)11-14)22-17-4-5-21-18(12-17)20(26)24-8-6-23(13-25)7-9-24/h4-5,10-13H,6-9H2,1-3H3,(H,21,22). The molecule has 1 aliphatic rings. The minimum atomic E-state index is -0.100. The SMILES string of the molecule is Cc1cc(C)c(Nc2ccnc(C(=O)N3CCN(C=O)CC3)c2)c(C)c1.